The standard InChI is InChI=1S/C13H12ClNO5.C2H6/c14-9-3-1-2-7-8(9)6-15(12(7)18)10(13(19)20)4-5-11(16)17;1-2/h1-3,10H,4-6H2,(H,16,17)(H,19,20);1-2H3. The molecule has 1 aliphatic rings. The Morgan fingerprint density at radius 1 is 1.32 bits per heavy atom. The fourth-order valence-electron chi connectivity index (χ4n) is 2.24. The van der Waals surface area contributed by atoms with E-state index in [0.29, 0.717) is 16.1 Å². The van der Waals surface area contributed by atoms with E-state index in [9.17, 15) is 19.5 Å². The molecule has 0 spiro atoms. The van der Waals surface area contributed by atoms with Gasteiger partial charge in [0.05, 0.1) is 0 Å². The average molecular weight is 328 g/mol. The van der Waals surface area contributed by atoms with Crippen LogP contribution in [0.15, 0.2) is 18.2 Å². The van der Waals surface area contributed by atoms with E-state index < -0.39 is 23.9 Å². The van der Waals surface area contributed by atoms with Crippen LogP contribution >= 0.6 is 11.6 Å². The Morgan fingerprint density at radius 3 is 2.45 bits per heavy atom. The maximum atomic E-state index is 12.2. The molecule has 0 bridgehead atoms. The summed E-state index contributed by atoms with van der Waals surface area (Å²) in [5.41, 5.74) is 0.958. The molecule has 1 aliphatic heterocycles. The first-order chi connectivity index (χ1) is 10.4. The molecule has 120 valence electrons. The van der Waals surface area contributed by atoms with Gasteiger partial charge in [0, 0.05) is 29.1 Å². The van der Waals surface area contributed by atoms with Crippen molar-refractivity contribution in [2.75, 3.05) is 0 Å². The second kappa shape index (κ2) is 7.79. The van der Waals surface area contributed by atoms with Gasteiger partial charge in [0.2, 0.25) is 0 Å². The van der Waals surface area contributed by atoms with Gasteiger partial charge in [-0.25, -0.2) is 4.79 Å². The summed E-state index contributed by atoms with van der Waals surface area (Å²) in [5, 5.41) is 18.2. The zero-order valence-corrected chi connectivity index (χ0v) is 13.1. The number of benzene rings is 1. The Hall–Kier alpha value is -2.08. The molecule has 1 aromatic rings. The van der Waals surface area contributed by atoms with E-state index in [-0.39, 0.29) is 19.4 Å². The first kappa shape index (κ1) is 18.0. The number of halogens is 1. The molecule has 0 aliphatic carbocycles. The summed E-state index contributed by atoms with van der Waals surface area (Å²) < 4.78 is 0. The minimum absolute atomic E-state index is 0.0877. The van der Waals surface area contributed by atoms with Gasteiger partial charge in [-0.3, -0.25) is 9.59 Å². The van der Waals surface area contributed by atoms with Gasteiger partial charge in [-0.2, -0.15) is 0 Å². The maximum absolute atomic E-state index is 12.2. The fourth-order valence-corrected chi connectivity index (χ4v) is 2.48. The number of carboxylic acid groups (broad SMARTS) is 2. The number of amides is 1. The zero-order chi connectivity index (χ0) is 16.9. The monoisotopic (exact) mass is 327 g/mol. The summed E-state index contributed by atoms with van der Waals surface area (Å²) in [6, 6.07) is 3.67. The van der Waals surface area contributed by atoms with E-state index >= 15 is 0 Å². The highest BCUT2D eigenvalue weighted by atomic mass is 35.5. The van der Waals surface area contributed by atoms with Crippen molar-refractivity contribution in [2.45, 2.75) is 39.3 Å². The van der Waals surface area contributed by atoms with Gasteiger partial charge in [-0.15, -0.1) is 0 Å². The summed E-state index contributed by atoms with van der Waals surface area (Å²) in [4.78, 5) is 35.2. The SMILES string of the molecule is CC.O=C(O)CCC(C(=O)O)N1Cc2c(Cl)cccc2C1=O. The van der Waals surface area contributed by atoms with Crippen LogP contribution < -0.4 is 0 Å². The number of aliphatic carboxylic acids is 2. The van der Waals surface area contributed by atoms with Crippen molar-refractivity contribution in [2.24, 2.45) is 0 Å². The lowest BCUT2D eigenvalue weighted by Crippen LogP contribution is -2.41. The van der Waals surface area contributed by atoms with Gasteiger partial charge in [-0.05, 0) is 18.6 Å². The number of nitrogens with zero attached hydrogens (tertiary/aromatic N) is 1. The molecule has 1 aromatic carbocycles. The Labute approximate surface area is 133 Å². The molecule has 1 atom stereocenters. The van der Waals surface area contributed by atoms with Gasteiger partial charge in [0.15, 0.2) is 0 Å². The second-order valence-electron chi connectivity index (χ2n) is 4.49. The Kier molecular flexibility index (Phi) is 6.37. The molecule has 0 fully saturated rings. The number of carbonyl (C=O) groups excluding carboxylic acids is 1. The fraction of sp³-hybridized carbons (Fsp3) is 0.400. The topological polar surface area (TPSA) is 94.9 Å². The van der Waals surface area contributed by atoms with E-state index in [1.807, 2.05) is 13.8 Å². The lowest BCUT2D eigenvalue weighted by Gasteiger charge is -2.23. The van der Waals surface area contributed by atoms with E-state index in [4.69, 9.17) is 16.7 Å². The Morgan fingerprint density at radius 2 is 1.95 bits per heavy atom. The lowest BCUT2D eigenvalue weighted by atomic mass is 10.1. The smallest absolute Gasteiger partial charge is 0.326 e. The third-order valence-corrected chi connectivity index (χ3v) is 3.59. The Balaban J connectivity index is 0.00000116. The molecule has 7 heteroatoms. The lowest BCUT2D eigenvalue weighted by molar-refractivity contribution is -0.143. The molecule has 1 heterocycles. The third kappa shape index (κ3) is 3.76. The van der Waals surface area contributed by atoms with Gasteiger partial charge in [-0.1, -0.05) is 31.5 Å². The summed E-state index contributed by atoms with van der Waals surface area (Å²) in [7, 11) is 0. The van der Waals surface area contributed by atoms with Crippen LogP contribution in [0.5, 0.6) is 0 Å². The van der Waals surface area contributed by atoms with Gasteiger partial charge in [0.25, 0.3) is 5.91 Å². The van der Waals surface area contributed by atoms with Crippen molar-refractivity contribution in [3.05, 3.63) is 34.3 Å². The molecule has 2 N–H and O–H groups in total. The van der Waals surface area contributed by atoms with Crippen LogP contribution in [0.3, 0.4) is 0 Å². The minimum atomic E-state index is -1.22. The molecule has 0 saturated heterocycles. The molecule has 22 heavy (non-hydrogen) atoms. The molecule has 6 nitrogen and oxygen atoms in total. The molecule has 1 amide bonds. The number of carboxylic acids is 2. The van der Waals surface area contributed by atoms with Crippen LogP contribution in [-0.4, -0.2) is 39.0 Å². The van der Waals surface area contributed by atoms with Gasteiger partial charge >= 0.3 is 11.9 Å². The third-order valence-electron chi connectivity index (χ3n) is 3.23. The van der Waals surface area contributed by atoms with E-state index in [2.05, 4.69) is 0 Å². The molecule has 1 unspecified atom stereocenters. The predicted molar refractivity (Wildman–Crippen MR) is 81.0 cm³/mol. The number of fused-ring (bicyclic) bond motifs is 1. The largest absolute Gasteiger partial charge is 0.481 e. The second-order valence-corrected chi connectivity index (χ2v) is 4.89. The van der Waals surface area contributed by atoms with Crippen LogP contribution in [0.2, 0.25) is 5.02 Å². The summed E-state index contributed by atoms with van der Waals surface area (Å²) in [6.45, 7) is 4.09. The van der Waals surface area contributed by atoms with Crippen LogP contribution in [0, 0.1) is 0 Å². The average Bonchev–Trinajstić information content (AvgIpc) is 2.80. The van der Waals surface area contributed by atoms with Crippen molar-refractivity contribution in [1.82, 2.24) is 4.90 Å². The van der Waals surface area contributed by atoms with E-state index in [0.717, 1.165) is 4.90 Å². The van der Waals surface area contributed by atoms with Gasteiger partial charge in [0.1, 0.15) is 6.04 Å². The molecule has 2 rings (SSSR count). The zero-order valence-electron chi connectivity index (χ0n) is 12.4. The van der Waals surface area contributed by atoms with Crippen LogP contribution in [-0.2, 0) is 16.1 Å². The number of hydrogen-bond donors (Lipinski definition) is 2. The van der Waals surface area contributed by atoms with Crippen LogP contribution in [0.1, 0.15) is 42.6 Å². The van der Waals surface area contributed by atoms with Crippen LogP contribution in [0.25, 0.3) is 0 Å². The summed E-state index contributed by atoms with van der Waals surface area (Å²) >= 11 is 5.99. The van der Waals surface area contributed by atoms with Crippen molar-refractivity contribution in [3.63, 3.8) is 0 Å². The quantitative estimate of drug-likeness (QED) is 0.866. The van der Waals surface area contributed by atoms with E-state index in [1.54, 1.807) is 18.2 Å². The van der Waals surface area contributed by atoms with Crippen molar-refractivity contribution < 1.29 is 24.6 Å². The van der Waals surface area contributed by atoms with Crippen molar-refractivity contribution in [1.29, 1.82) is 0 Å². The molecular formula is C15H18ClNO5. The van der Waals surface area contributed by atoms with Crippen molar-refractivity contribution in [3.8, 4) is 0 Å². The van der Waals surface area contributed by atoms with E-state index in [1.165, 1.54) is 0 Å². The first-order valence-corrected chi connectivity index (χ1v) is 7.32. The minimum Gasteiger partial charge on any atom is -0.481 e. The highest BCUT2D eigenvalue weighted by Crippen LogP contribution is 2.31. The van der Waals surface area contributed by atoms with Gasteiger partial charge < -0.3 is 15.1 Å². The molecule has 0 aromatic heterocycles. The molecule has 0 saturated carbocycles. The normalized spacial score (nSPS) is 14.0. The number of carbonyl (C=O) groups is 3. The molecular weight excluding hydrogens is 310 g/mol. The number of rotatable bonds is 5. The number of hydrogen-bond acceptors (Lipinski definition) is 3. The first-order valence-electron chi connectivity index (χ1n) is 6.94. The highest BCUT2D eigenvalue weighted by molar-refractivity contribution is 6.32. The summed E-state index contributed by atoms with van der Waals surface area (Å²) in [6.07, 6.45) is -0.452. The maximum Gasteiger partial charge on any atom is 0.326 e. The van der Waals surface area contributed by atoms with Crippen molar-refractivity contribution >= 4 is 29.4 Å². The predicted octanol–water partition coefficient (Wildman–Crippen LogP) is 2.64. The Bertz CT molecular complexity index is 587. The highest BCUT2D eigenvalue weighted by Gasteiger charge is 2.37. The summed E-state index contributed by atoms with van der Waals surface area (Å²) in [5.74, 6) is -2.75. The molecule has 0 radical (unpaired) electrons. The van der Waals surface area contributed by atoms with Crippen LogP contribution in [0.4, 0.5) is 0 Å².